The van der Waals surface area contributed by atoms with Gasteiger partial charge in [-0.3, -0.25) is 9.69 Å². The Hall–Kier alpha value is -2.78. The van der Waals surface area contributed by atoms with Gasteiger partial charge in [-0.15, -0.1) is 0 Å². The summed E-state index contributed by atoms with van der Waals surface area (Å²) >= 11 is 0. The van der Waals surface area contributed by atoms with E-state index in [9.17, 15) is 13.6 Å². The number of benzene rings is 2. The van der Waals surface area contributed by atoms with Crippen molar-refractivity contribution in [3.63, 3.8) is 0 Å². The molecule has 4 nitrogen and oxygen atoms in total. The lowest BCUT2D eigenvalue weighted by atomic mass is 10.1. The minimum atomic E-state index is -0.321. The average Bonchev–Trinajstić information content (AvgIpc) is 2.66. The number of carbonyl (C=O) groups excluding carboxylic acids is 1. The van der Waals surface area contributed by atoms with E-state index < -0.39 is 0 Å². The summed E-state index contributed by atoms with van der Waals surface area (Å²) in [5.74, 6) is -0.629. The van der Waals surface area contributed by atoms with Gasteiger partial charge in [0.25, 0.3) is 0 Å². The van der Waals surface area contributed by atoms with Gasteiger partial charge in [-0.2, -0.15) is 5.26 Å². The molecule has 0 aliphatic carbocycles. The van der Waals surface area contributed by atoms with E-state index in [1.165, 1.54) is 24.3 Å². The topological polar surface area (TPSA) is 47.3 Å². The normalized spacial score (nSPS) is 14.9. The van der Waals surface area contributed by atoms with Gasteiger partial charge in [0.2, 0.25) is 5.91 Å². The molecule has 1 heterocycles. The Morgan fingerprint density at radius 1 is 1.04 bits per heavy atom. The standard InChI is InChI=1S/C20H19F2N3O/c21-18-4-1-15(2-5-18)12-20(26)25-9-7-24(8-10-25)14-17-11-16(13-23)3-6-19(17)22/h1-6,11H,7-10,12,14H2. The summed E-state index contributed by atoms with van der Waals surface area (Å²) in [5.41, 5.74) is 1.72. The fraction of sp³-hybridized carbons (Fsp3) is 0.300. The van der Waals surface area contributed by atoms with Crippen molar-refractivity contribution in [1.82, 2.24) is 9.80 Å². The highest BCUT2D eigenvalue weighted by molar-refractivity contribution is 5.78. The number of halogens is 2. The maximum Gasteiger partial charge on any atom is 0.227 e. The first-order valence-electron chi connectivity index (χ1n) is 8.48. The molecular formula is C20H19F2N3O. The van der Waals surface area contributed by atoms with Gasteiger partial charge >= 0.3 is 0 Å². The van der Waals surface area contributed by atoms with Crippen LogP contribution in [0.3, 0.4) is 0 Å². The SMILES string of the molecule is N#Cc1ccc(F)c(CN2CCN(C(=O)Cc3ccc(F)cc3)CC2)c1. The van der Waals surface area contributed by atoms with E-state index >= 15 is 0 Å². The van der Waals surface area contributed by atoms with Crippen molar-refractivity contribution >= 4 is 5.91 Å². The molecule has 0 unspecified atom stereocenters. The Bertz CT molecular complexity index is 822. The highest BCUT2D eigenvalue weighted by Crippen LogP contribution is 2.15. The summed E-state index contributed by atoms with van der Waals surface area (Å²) in [6, 6.07) is 12.3. The van der Waals surface area contributed by atoms with Gasteiger partial charge < -0.3 is 4.90 Å². The van der Waals surface area contributed by atoms with Crippen LogP contribution in [0.15, 0.2) is 42.5 Å². The van der Waals surface area contributed by atoms with Gasteiger partial charge in [0.1, 0.15) is 11.6 Å². The lowest BCUT2D eigenvalue weighted by molar-refractivity contribution is -0.132. The van der Waals surface area contributed by atoms with Gasteiger partial charge in [0.15, 0.2) is 0 Å². The van der Waals surface area contributed by atoms with Crippen LogP contribution in [-0.4, -0.2) is 41.9 Å². The molecule has 1 fully saturated rings. The van der Waals surface area contributed by atoms with Gasteiger partial charge in [-0.1, -0.05) is 12.1 Å². The quantitative estimate of drug-likeness (QED) is 0.847. The third-order valence-corrected chi connectivity index (χ3v) is 4.56. The number of rotatable bonds is 4. The molecule has 0 saturated carbocycles. The molecule has 0 bridgehead atoms. The molecule has 0 spiro atoms. The molecule has 0 N–H and O–H groups in total. The summed E-state index contributed by atoms with van der Waals surface area (Å²) in [7, 11) is 0. The van der Waals surface area contributed by atoms with Crippen molar-refractivity contribution in [3.05, 3.63) is 70.8 Å². The van der Waals surface area contributed by atoms with E-state index in [2.05, 4.69) is 4.90 Å². The third kappa shape index (κ3) is 4.44. The summed E-state index contributed by atoms with van der Waals surface area (Å²) in [6.07, 6.45) is 0.249. The second-order valence-corrected chi connectivity index (χ2v) is 6.38. The van der Waals surface area contributed by atoms with Crippen LogP contribution in [-0.2, 0) is 17.8 Å². The van der Waals surface area contributed by atoms with Crippen molar-refractivity contribution < 1.29 is 13.6 Å². The lowest BCUT2D eigenvalue weighted by Gasteiger charge is -2.35. The maximum absolute atomic E-state index is 13.9. The number of hydrogen-bond acceptors (Lipinski definition) is 3. The van der Waals surface area contributed by atoms with Crippen LogP contribution in [0.1, 0.15) is 16.7 Å². The van der Waals surface area contributed by atoms with Gasteiger partial charge in [0.05, 0.1) is 18.1 Å². The van der Waals surface area contributed by atoms with Gasteiger partial charge in [-0.05, 0) is 35.9 Å². The molecule has 3 rings (SSSR count). The monoisotopic (exact) mass is 355 g/mol. The zero-order valence-corrected chi connectivity index (χ0v) is 14.3. The minimum Gasteiger partial charge on any atom is -0.340 e. The van der Waals surface area contributed by atoms with E-state index in [1.807, 2.05) is 6.07 Å². The molecule has 1 aliphatic heterocycles. The fourth-order valence-corrected chi connectivity index (χ4v) is 3.05. The van der Waals surface area contributed by atoms with Crippen LogP contribution in [0.4, 0.5) is 8.78 Å². The second-order valence-electron chi connectivity index (χ2n) is 6.38. The zero-order chi connectivity index (χ0) is 18.5. The van der Waals surface area contributed by atoms with Crippen molar-refractivity contribution in [3.8, 4) is 6.07 Å². The van der Waals surface area contributed by atoms with E-state index in [4.69, 9.17) is 5.26 Å². The van der Waals surface area contributed by atoms with Crippen LogP contribution >= 0.6 is 0 Å². The molecule has 2 aromatic carbocycles. The fourth-order valence-electron chi connectivity index (χ4n) is 3.05. The van der Waals surface area contributed by atoms with Crippen molar-refractivity contribution in [2.75, 3.05) is 26.2 Å². The summed E-state index contributed by atoms with van der Waals surface area (Å²) in [4.78, 5) is 16.2. The van der Waals surface area contributed by atoms with Crippen molar-refractivity contribution in [2.45, 2.75) is 13.0 Å². The predicted molar refractivity (Wildman–Crippen MR) is 93.1 cm³/mol. The van der Waals surface area contributed by atoms with E-state index in [-0.39, 0.29) is 24.0 Å². The van der Waals surface area contributed by atoms with Crippen molar-refractivity contribution in [2.24, 2.45) is 0 Å². The van der Waals surface area contributed by atoms with Crippen LogP contribution in [0, 0.1) is 23.0 Å². The van der Waals surface area contributed by atoms with E-state index in [1.54, 1.807) is 23.1 Å². The van der Waals surface area contributed by atoms with E-state index in [0.29, 0.717) is 43.9 Å². The molecule has 1 saturated heterocycles. The van der Waals surface area contributed by atoms with Crippen LogP contribution in [0.2, 0.25) is 0 Å². The van der Waals surface area contributed by atoms with Gasteiger partial charge in [-0.25, -0.2) is 8.78 Å². The molecule has 134 valence electrons. The summed E-state index contributed by atoms with van der Waals surface area (Å²) in [5, 5.41) is 8.94. The largest absolute Gasteiger partial charge is 0.340 e. The number of carbonyl (C=O) groups is 1. The van der Waals surface area contributed by atoms with Crippen molar-refractivity contribution in [1.29, 1.82) is 5.26 Å². The molecule has 1 amide bonds. The highest BCUT2D eigenvalue weighted by Gasteiger charge is 2.22. The molecule has 26 heavy (non-hydrogen) atoms. The number of piperazine rings is 1. The lowest BCUT2D eigenvalue weighted by Crippen LogP contribution is -2.48. The highest BCUT2D eigenvalue weighted by atomic mass is 19.1. The Morgan fingerprint density at radius 2 is 1.73 bits per heavy atom. The molecule has 0 atom stereocenters. The van der Waals surface area contributed by atoms with Gasteiger partial charge in [0, 0.05) is 38.3 Å². The Morgan fingerprint density at radius 3 is 2.38 bits per heavy atom. The molecule has 6 heteroatoms. The van der Waals surface area contributed by atoms with Crippen LogP contribution < -0.4 is 0 Å². The number of hydrogen-bond donors (Lipinski definition) is 0. The third-order valence-electron chi connectivity index (χ3n) is 4.56. The number of nitrogens with zero attached hydrogens (tertiary/aromatic N) is 3. The first-order valence-corrected chi connectivity index (χ1v) is 8.48. The zero-order valence-electron chi connectivity index (χ0n) is 14.3. The maximum atomic E-state index is 13.9. The summed E-state index contributed by atoms with van der Waals surface area (Å²) < 4.78 is 26.8. The van der Waals surface area contributed by atoms with Crippen LogP contribution in [0.25, 0.3) is 0 Å². The Labute approximate surface area is 151 Å². The van der Waals surface area contributed by atoms with Crippen LogP contribution in [0.5, 0.6) is 0 Å². The average molecular weight is 355 g/mol. The molecular weight excluding hydrogens is 336 g/mol. The number of amides is 1. The summed E-state index contributed by atoms with van der Waals surface area (Å²) in [6.45, 7) is 2.84. The molecule has 0 radical (unpaired) electrons. The second kappa shape index (κ2) is 8.07. The smallest absolute Gasteiger partial charge is 0.227 e. The first kappa shape index (κ1) is 18.0. The van der Waals surface area contributed by atoms with E-state index in [0.717, 1.165) is 5.56 Å². The number of nitriles is 1. The molecule has 2 aromatic rings. The first-order chi connectivity index (χ1) is 12.5. The molecule has 0 aromatic heterocycles. The Balaban J connectivity index is 1.53. The minimum absolute atomic E-state index is 0.00826. The Kier molecular flexibility index (Phi) is 5.59. The molecule has 1 aliphatic rings. The predicted octanol–water partition coefficient (Wildman–Crippen LogP) is 2.72.